The van der Waals surface area contributed by atoms with Crippen LogP contribution in [0, 0.1) is 11.3 Å². The molecule has 1 aromatic rings. The third-order valence-corrected chi connectivity index (χ3v) is 2.68. The summed E-state index contributed by atoms with van der Waals surface area (Å²) in [4.78, 5) is 15.9. The van der Waals surface area contributed by atoms with Crippen LogP contribution in [0.4, 0.5) is 5.69 Å². The molecule has 0 saturated carbocycles. The number of carbonyl (C=O) groups is 1. The molecule has 1 aromatic heterocycles. The van der Waals surface area contributed by atoms with Gasteiger partial charge < -0.3 is 10.1 Å². The van der Waals surface area contributed by atoms with E-state index in [4.69, 9.17) is 5.26 Å². The third kappa shape index (κ3) is 3.57. The molecule has 1 N–H and O–H groups in total. The van der Waals surface area contributed by atoms with Gasteiger partial charge in [0.1, 0.15) is 10.9 Å². The van der Waals surface area contributed by atoms with Crippen LogP contribution in [0.2, 0.25) is 0 Å². The molecule has 0 radical (unpaired) electrons. The summed E-state index contributed by atoms with van der Waals surface area (Å²) in [7, 11) is 1.32. The fraction of sp³-hybridized carbons (Fsp3) is 0.364. The molecule has 0 aliphatic carbocycles. The molecule has 1 rings (SSSR count). The van der Waals surface area contributed by atoms with Crippen molar-refractivity contribution in [1.82, 2.24) is 0 Å². The van der Waals surface area contributed by atoms with Crippen molar-refractivity contribution in [1.29, 1.82) is 5.26 Å². The van der Waals surface area contributed by atoms with Crippen molar-refractivity contribution in [3.05, 3.63) is 16.3 Å². The molecular weight excluding hydrogens is 238 g/mol. The molecule has 5 nitrogen and oxygen atoms in total. The van der Waals surface area contributed by atoms with Gasteiger partial charge in [-0.05, 0) is 25.3 Å². The zero-order valence-electron chi connectivity index (χ0n) is 9.85. The van der Waals surface area contributed by atoms with Gasteiger partial charge in [-0.1, -0.05) is 0 Å². The third-order valence-electron chi connectivity index (χ3n) is 1.78. The van der Waals surface area contributed by atoms with Crippen LogP contribution in [-0.4, -0.2) is 25.0 Å². The predicted molar refractivity (Wildman–Crippen MR) is 67.5 cm³/mol. The second-order valence-electron chi connectivity index (χ2n) is 3.46. The maximum Gasteiger partial charge on any atom is 0.350 e. The van der Waals surface area contributed by atoms with E-state index in [0.29, 0.717) is 10.6 Å². The normalized spacial score (nSPS) is 11.1. The predicted octanol–water partition coefficient (Wildman–Crippen LogP) is 2.28. The van der Waals surface area contributed by atoms with E-state index in [0.717, 1.165) is 0 Å². The fourth-order valence-corrected chi connectivity index (χ4v) is 1.90. The number of methoxy groups -OCH3 is 1. The summed E-state index contributed by atoms with van der Waals surface area (Å²) in [5.74, 6) is -0.243. The van der Waals surface area contributed by atoms with Gasteiger partial charge in [-0.3, -0.25) is 4.99 Å². The zero-order valence-corrected chi connectivity index (χ0v) is 10.7. The van der Waals surface area contributed by atoms with Gasteiger partial charge in [0.05, 0.1) is 12.8 Å². The molecule has 1 heterocycles. The molecule has 17 heavy (non-hydrogen) atoms. The highest BCUT2D eigenvalue weighted by Gasteiger charge is 2.14. The highest BCUT2D eigenvalue weighted by atomic mass is 32.1. The Balaban J connectivity index is 2.92. The van der Waals surface area contributed by atoms with Crippen molar-refractivity contribution in [2.75, 3.05) is 12.4 Å². The first-order chi connectivity index (χ1) is 8.08. The molecule has 0 aromatic carbocycles. The summed E-state index contributed by atoms with van der Waals surface area (Å²) >= 11 is 1.25. The summed E-state index contributed by atoms with van der Waals surface area (Å²) < 4.78 is 4.64. The number of nitrogens with zero attached hydrogens (tertiary/aromatic N) is 2. The van der Waals surface area contributed by atoms with E-state index in [1.54, 1.807) is 11.4 Å². The van der Waals surface area contributed by atoms with Crippen LogP contribution in [0.25, 0.3) is 0 Å². The Labute approximate surface area is 104 Å². The molecule has 0 fully saturated rings. The molecule has 0 saturated heterocycles. The second-order valence-corrected chi connectivity index (χ2v) is 4.38. The van der Waals surface area contributed by atoms with Crippen molar-refractivity contribution >= 4 is 28.8 Å². The van der Waals surface area contributed by atoms with E-state index in [1.807, 2.05) is 19.9 Å². The Hall–Kier alpha value is -1.87. The van der Waals surface area contributed by atoms with Gasteiger partial charge in [0.25, 0.3) is 0 Å². The summed E-state index contributed by atoms with van der Waals surface area (Å²) in [5.41, 5.74) is 0.544. The van der Waals surface area contributed by atoms with E-state index in [2.05, 4.69) is 15.0 Å². The number of amidine groups is 1. The largest absolute Gasteiger partial charge is 0.465 e. The van der Waals surface area contributed by atoms with Gasteiger partial charge in [-0.25, -0.2) is 4.79 Å². The molecule has 6 heteroatoms. The SMILES string of the molecule is COC(=O)c1sccc1NC(C#N)=NC(C)C. The Kier molecular flexibility index (Phi) is 4.67. The van der Waals surface area contributed by atoms with Gasteiger partial charge in [0.15, 0.2) is 0 Å². The van der Waals surface area contributed by atoms with Gasteiger partial charge in [0, 0.05) is 6.04 Å². The average molecular weight is 251 g/mol. The van der Waals surface area contributed by atoms with E-state index in [-0.39, 0.29) is 11.9 Å². The van der Waals surface area contributed by atoms with Gasteiger partial charge in [-0.2, -0.15) is 5.26 Å². The van der Waals surface area contributed by atoms with E-state index < -0.39 is 5.97 Å². The molecule has 0 atom stereocenters. The van der Waals surface area contributed by atoms with E-state index in [9.17, 15) is 4.79 Å². The molecule has 0 spiro atoms. The lowest BCUT2D eigenvalue weighted by Gasteiger charge is -2.05. The maximum atomic E-state index is 11.4. The second kappa shape index (κ2) is 6.01. The lowest BCUT2D eigenvalue weighted by atomic mass is 10.3. The van der Waals surface area contributed by atoms with Gasteiger partial charge >= 0.3 is 5.97 Å². The van der Waals surface area contributed by atoms with Crippen LogP contribution in [-0.2, 0) is 4.74 Å². The molecule has 0 amide bonds. The van der Waals surface area contributed by atoms with Crippen LogP contribution in [0.3, 0.4) is 0 Å². The molecule has 90 valence electrons. The highest BCUT2D eigenvalue weighted by molar-refractivity contribution is 7.12. The number of thiophene rings is 1. The fourth-order valence-electron chi connectivity index (χ4n) is 1.13. The highest BCUT2D eigenvalue weighted by Crippen LogP contribution is 2.23. The van der Waals surface area contributed by atoms with E-state index >= 15 is 0 Å². The lowest BCUT2D eigenvalue weighted by molar-refractivity contribution is 0.0607. The van der Waals surface area contributed by atoms with Crippen LogP contribution >= 0.6 is 11.3 Å². The smallest absolute Gasteiger partial charge is 0.350 e. The molecule has 0 bridgehead atoms. The van der Waals surface area contributed by atoms with Crippen molar-refractivity contribution in [3.8, 4) is 6.07 Å². The topological polar surface area (TPSA) is 74.5 Å². The number of nitriles is 1. The minimum atomic E-state index is -0.427. The lowest BCUT2D eigenvalue weighted by Crippen LogP contribution is -2.14. The number of ether oxygens (including phenoxy) is 1. The van der Waals surface area contributed by atoms with Gasteiger partial charge in [0.2, 0.25) is 5.84 Å². The molecule has 0 aliphatic heterocycles. The van der Waals surface area contributed by atoms with E-state index in [1.165, 1.54) is 18.4 Å². The summed E-state index contributed by atoms with van der Waals surface area (Å²) in [5, 5.41) is 13.5. The Morgan fingerprint density at radius 2 is 2.35 bits per heavy atom. The molecule has 0 unspecified atom stereocenters. The number of anilines is 1. The maximum absolute atomic E-state index is 11.4. The number of hydrogen-bond donors (Lipinski definition) is 1. The first-order valence-electron chi connectivity index (χ1n) is 4.99. The molecular formula is C11H13N3O2S. The minimum Gasteiger partial charge on any atom is -0.465 e. The van der Waals surface area contributed by atoms with Crippen LogP contribution < -0.4 is 5.32 Å². The van der Waals surface area contributed by atoms with Crippen LogP contribution in [0.15, 0.2) is 16.4 Å². The van der Waals surface area contributed by atoms with Crippen molar-refractivity contribution < 1.29 is 9.53 Å². The Morgan fingerprint density at radius 1 is 1.65 bits per heavy atom. The Bertz CT molecular complexity index is 471. The van der Waals surface area contributed by atoms with Gasteiger partial charge in [-0.15, -0.1) is 11.3 Å². The van der Waals surface area contributed by atoms with Crippen molar-refractivity contribution in [2.45, 2.75) is 19.9 Å². The average Bonchev–Trinajstić information content (AvgIpc) is 2.74. The molecule has 0 aliphatic rings. The van der Waals surface area contributed by atoms with Crippen molar-refractivity contribution in [3.63, 3.8) is 0 Å². The number of esters is 1. The first kappa shape index (κ1) is 13.2. The monoisotopic (exact) mass is 251 g/mol. The Morgan fingerprint density at radius 3 is 2.88 bits per heavy atom. The number of carbonyl (C=O) groups excluding carboxylic acids is 1. The number of rotatable bonds is 3. The number of aliphatic imine (C=N–C) groups is 1. The van der Waals surface area contributed by atoms with Crippen LogP contribution in [0.1, 0.15) is 23.5 Å². The minimum absolute atomic E-state index is 0.0114. The quantitative estimate of drug-likeness (QED) is 0.508. The number of hydrogen-bond acceptors (Lipinski definition) is 5. The summed E-state index contributed by atoms with van der Waals surface area (Å²) in [6.45, 7) is 3.74. The summed E-state index contributed by atoms with van der Waals surface area (Å²) in [6.07, 6.45) is 0. The summed E-state index contributed by atoms with van der Waals surface area (Å²) in [6, 6.07) is 3.67. The van der Waals surface area contributed by atoms with Crippen molar-refractivity contribution in [2.24, 2.45) is 4.99 Å². The zero-order chi connectivity index (χ0) is 12.8. The number of nitrogens with one attached hydrogen (secondary N) is 1. The first-order valence-corrected chi connectivity index (χ1v) is 5.87. The standard InChI is InChI=1S/C11H13N3O2S/c1-7(2)13-9(6-12)14-8-4-5-17-10(8)11(15)16-3/h4-5,7H,1-3H3,(H,13,14). The van der Waals surface area contributed by atoms with Crippen LogP contribution in [0.5, 0.6) is 0 Å².